The van der Waals surface area contributed by atoms with E-state index in [-0.39, 0.29) is 0 Å². The number of rotatable bonds is 8. The van der Waals surface area contributed by atoms with E-state index in [9.17, 15) is 0 Å². The highest BCUT2D eigenvalue weighted by Crippen LogP contribution is 2.24. The number of hydrogen-bond donors (Lipinski definition) is 0. The van der Waals surface area contributed by atoms with E-state index < -0.39 is 0 Å². The van der Waals surface area contributed by atoms with Crippen LogP contribution in [0.4, 0.5) is 0 Å². The molecule has 0 rings (SSSR count). The summed E-state index contributed by atoms with van der Waals surface area (Å²) in [6.07, 6.45) is 8.02. The molecule has 0 aromatic rings. The molecule has 0 aliphatic carbocycles. The molecule has 0 heterocycles. The molecule has 0 fully saturated rings. The van der Waals surface area contributed by atoms with Crippen molar-refractivity contribution in [3.63, 3.8) is 0 Å². The van der Waals surface area contributed by atoms with Gasteiger partial charge in [-0.3, -0.25) is 0 Å². The molecule has 1 unspecified atom stereocenters. The first-order valence-electron chi connectivity index (χ1n) is 6.26. The van der Waals surface area contributed by atoms with Crippen molar-refractivity contribution in [2.75, 3.05) is 0 Å². The summed E-state index contributed by atoms with van der Waals surface area (Å²) in [7, 11) is 0. The second kappa shape index (κ2) is 8.08. The van der Waals surface area contributed by atoms with Crippen LogP contribution in [0.1, 0.15) is 66.2 Å². The van der Waals surface area contributed by atoms with Crippen LogP contribution in [0.2, 0.25) is 0 Å². The lowest BCUT2D eigenvalue weighted by atomic mass is 9.85. The lowest BCUT2D eigenvalue weighted by Gasteiger charge is -2.20. The first-order valence-corrected chi connectivity index (χ1v) is 6.26. The van der Waals surface area contributed by atoms with E-state index in [1.54, 1.807) is 0 Å². The first kappa shape index (κ1) is 13.7. The highest BCUT2D eigenvalue weighted by molar-refractivity contribution is 4.87. The van der Waals surface area contributed by atoms with Crippen LogP contribution in [-0.4, -0.2) is 0 Å². The van der Waals surface area contributed by atoms with E-state index in [1.165, 1.54) is 44.1 Å². The number of hydrogen-bond acceptors (Lipinski definition) is 0. The van der Waals surface area contributed by atoms with Crippen molar-refractivity contribution in [1.82, 2.24) is 0 Å². The summed E-state index contributed by atoms with van der Waals surface area (Å²) >= 11 is 0. The summed E-state index contributed by atoms with van der Waals surface area (Å²) in [5.74, 6) is 1.86. The molecular formula is C14H28. The fraction of sp³-hybridized carbons (Fsp3) is 0.857. The maximum Gasteiger partial charge on any atom is -0.0326 e. The summed E-state index contributed by atoms with van der Waals surface area (Å²) < 4.78 is 0. The van der Waals surface area contributed by atoms with E-state index in [2.05, 4.69) is 34.3 Å². The summed E-state index contributed by atoms with van der Waals surface area (Å²) in [6, 6.07) is 0. The van der Waals surface area contributed by atoms with E-state index in [0.29, 0.717) is 0 Å². The van der Waals surface area contributed by atoms with E-state index in [0.717, 1.165) is 11.8 Å². The van der Waals surface area contributed by atoms with Crippen LogP contribution in [0.3, 0.4) is 0 Å². The van der Waals surface area contributed by atoms with Crippen molar-refractivity contribution in [2.45, 2.75) is 66.2 Å². The van der Waals surface area contributed by atoms with Gasteiger partial charge in [0.15, 0.2) is 0 Å². The number of allylic oxidation sites excluding steroid dienone is 1. The zero-order valence-corrected chi connectivity index (χ0v) is 10.6. The molecule has 0 nitrogen and oxygen atoms in total. The summed E-state index contributed by atoms with van der Waals surface area (Å²) in [5, 5.41) is 0. The van der Waals surface area contributed by atoms with Crippen molar-refractivity contribution < 1.29 is 0 Å². The van der Waals surface area contributed by atoms with Crippen LogP contribution < -0.4 is 0 Å². The average molecular weight is 196 g/mol. The van der Waals surface area contributed by atoms with Crippen LogP contribution in [0, 0.1) is 11.8 Å². The highest BCUT2D eigenvalue weighted by atomic mass is 14.2. The second-order valence-electron chi connectivity index (χ2n) is 4.76. The Kier molecular flexibility index (Phi) is 7.93. The highest BCUT2D eigenvalue weighted by Gasteiger charge is 2.12. The molecule has 0 N–H and O–H groups in total. The van der Waals surface area contributed by atoms with Crippen molar-refractivity contribution in [2.24, 2.45) is 11.8 Å². The SMILES string of the molecule is C=C(C)CCCCC(C)C(CC)CC. The Hall–Kier alpha value is -0.260. The molecule has 0 aliphatic heterocycles. The minimum atomic E-state index is 0.912. The van der Waals surface area contributed by atoms with Gasteiger partial charge in [0, 0.05) is 0 Å². The van der Waals surface area contributed by atoms with Crippen molar-refractivity contribution in [3.8, 4) is 0 Å². The third kappa shape index (κ3) is 6.23. The maximum atomic E-state index is 3.94. The molecule has 84 valence electrons. The van der Waals surface area contributed by atoms with Crippen molar-refractivity contribution >= 4 is 0 Å². The zero-order chi connectivity index (χ0) is 11.0. The van der Waals surface area contributed by atoms with Gasteiger partial charge in [-0.05, 0) is 31.6 Å². The zero-order valence-electron chi connectivity index (χ0n) is 10.6. The van der Waals surface area contributed by atoms with Gasteiger partial charge in [0.25, 0.3) is 0 Å². The molecule has 1 atom stereocenters. The van der Waals surface area contributed by atoms with Gasteiger partial charge >= 0.3 is 0 Å². The Morgan fingerprint density at radius 2 is 1.71 bits per heavy atom. The van der Waals surface area contributed by atoms with Crippen LogP contribution in [0.15, 0.2) is 12.2 Å². The third-order valence-electron chi connectivity index (χ3n) is 3.37. The minimum absolute atomic E-state index is 0.912. The predicted octanol–water partition coefficient (Wildman–Crippen LogP) is 5.20. The molecule has 0 spiro atoms. The lowest BCUT2D eigenvalue weighted by molar-refractivity contribution is 0.310. The molecule has 0 saturated carbocycles. The van der Waals surface area contributed by atoms with Gasteiger partial charge in [-0.1, -0.05) is 52.0 Å². The minimum Gasteiger partial charge on any atom is -0.100 e. The fourth-order valence-electron chi connectivity index (χ4n) is 2.22. The van der Waals surface area contributed by atoms with Crippen LogP contribution in [0.5, 0.6) is 0 Å². The van der Waals surface area contributed by atoms with Gasteiger partial charge in [-0.15, -0.1) is 6.58 Å². The molecule has 0 bridgehead atoms. The van der Waals surface area contributed by atoms with Gasteiger partial charge in [0.05, 0.1) is 0 Å². The molecule has 0 aliphatic rings. The third-order valence-corrected chi connectivity index (χ3v) is 3.37. The smallest absolute Gasteiger partial charge is 0.0326 e. The van der Waals surface area contributed by atoms with Crippen molar-refractivity contribution in [3.05, 3.63) is 12.2 Å². The Morgan fingerprint density at radius 3 is 2.14 bits per heavy atom. The van der Waals surface area contributed by atoms with E-state index in [1.807, 2.05) is 0 Å². The largest absolute Gasteiger partial charge is 0.100 e. The first-order chi connectivity index (χ1) is 6.61. The molecule has 14 heavy (non-hydrogen) atoms. The monoisotopic (exact) mass is 196 g/mol. The molecule has 0 amide bonds. The van der Waals surface area contributed by atoms with Crippen LogP contribution >= 0.6 is 0 Å². The fourth-order valence-corrected chi connectivity index (χ4v) is 2.22. The van der Waals surface area contributed by atoms with Gasteiger partial charge in [0.2, 0.25) is 0 Å². The molecule has 0 saturated heterocycles. The quantitative estimate of drug-likeness (QED) is 0.370. The van der Waals surface area contributed by atoms with Crippen LogP contribution in [-0.2, 0) is 0 Å². The van der Waals surface area contributed by atoms with E-state index in [4.69, 9.17) is 0 Å². The molecule has 0 aromatic heterocycles. The van der Waals surface area contributed by atoms with Gasteiger partial charge in [0.1, 0.15) is 0 Å². The van der Waals surface area contributed by atoms with Crippen molar-refractivity contribution in [1.29, 1.82) is 0 Å². The molecule has 0 heteroatoms. The summed E-state index contributed by atoms with van der Waals surface area (Å²) in [4.78, 5) is 0. The molecule has 0 radical (unpaired) electrons. The van der Waals surface area contributed by atoms with Gasteiger partial charge in [-0.2, -0.15) is 0 Å². The predicted molar refractivity (Wildman–Crippen MR) is 66.5 cm³/mol. The van der Waals surface area contributed by atoms with Gasteiger partial charge in [-0.25, -0.2) is 0 Å². The standard InChI is InChI=1S/C14H28/c1-6-14(7-2)13(5)11-9-8-10-12(3)4/h13-14H,3,6-11H2,1-2,4-5H3. The summed E-state index contributed by atoms with van der Waals surface area (Å²) in [5.41, 5.74) is 1.33. The molecule has 0 aromatic carbocycles. The normalized spacial score (nSPS) is 13.2. The second-order valence-corrected chi connectivity index (χ2v) is 4.76. The Balaban J connectivity index is 3.51. The Morgan fingerprint density at radius 1 is 1.14 bits per heavy atom. The maximum absolute atomic E-state index is 3.94. The Bertz CT molecular complexity index is 142. The van der Waals surface area contributed by atoms with Crippen LogP contribution in [0.25, 0.3) is 0 Å². The number of unbranched alkanes of at least 4 members (excludes halogenated alkanes) is 1. The Labute approximate surface area is 90.8 Å². The summed E-state index contributed by atoms with van der Waals surface area (Å²) in [6.45, 7) is 13.1. The van der Waals surface area contributed by atoms with E-state index >= 15 is 0 Å². The van der Waals surface area contributed by atoms with Gasteiger partial charge < -0.3 is 0 Å². The molecular weight excluding hydrogens is 168 g/mol. The lowest BCUT2D eigenvalue weighted by Crippen LogP contribution is -2.09. The topological polar surface area (TPSA) is 0 Å². The average Bonchev–Trinajstić information content (AvgIpc) is 2.14.